The van der Waals surface area contributed by atoms with Crippen LogP contribution >= 0.6 is 0 Å². The summed E-state index contributed by atoms with van der Waals surface area (Å²) in [5, 5.41) is 6.19. The lowest BCUT2D eigenvalue weighted by Gasteiger charge is -2.14. The van der Waals surface area contributed by atoms with Crippen LogP contribution in [0.25, 0.3) is 0 Å². The van der Waals surface area contributed by atoms with Gasteiger partial charge in [-0.05, 0) is 31.2 Å². The second kappa shape index (κ2) is 5.73. The molecule has 0 aliphatic carbocycles. The predicted molar refractivity (Wildman–Crippen MR) is 68.3 cm³/mol. The monoisotopic (exact) mass is 250 g/mol. The Morgan fingerprint density at radius 1 is 1.39 bits per heavy atom. The third-order valence-corrected chi connectivity index (χ3v) is 3.05. The summed E-state index contributed by atoms with van der Waals surface area (Å²) in [6, 6.07) is 5.39. The molecule has 98 valence electrons. The molecule has 1 aromatic carbocycles. The molecule has 18 heavy (non-hydrogen) atoms. The zero-order chi connectivity index (χ0) is 13.0. The van der Waals surface area contributed by atoms with E-state index in [1.54, 1.807) is 32.4 Å². The molecule has 0 aromatic heterocycles. The van der Waals surface area contributed by atoms with Crippen LogP contribution in [0.4, 0.5) is 0 Å². The van der Waals surface area contributed by atoms with Crippen molar-refractivity contribution >= 4 is 5.91 Å². The van der Waals surface area contributed by atoms with Gasteiger partial charge in [0, 0.05) is 12.6 Å². The zero-order valence-corrected chi connectivity index (χ0v) is 10.7. The van der Waals surface area contributed by atoms with Gasteiger partial charge in [-0.25, -0.2) is 0 Å². The highest BCUT2D eigenvalue weighted by Gasteiger charge is 2.20. The van der Waals surface area contributed by atoms with Crippen molar-refractivity contribution in [2.24, 2.45) is 0 Å². The first kappa shape index (κ1) is 12.7. The standard InChI is InChI=1S/C13H18N2O3/c1-17-10-3-4-12(18-2)11(7-10)13(16)15-9-5-6-14-8-9/h3-4,7,9,14H,5-6,8H2,1-2H3,(H,15,16). The molecule has 5 nitrogen and oxygen atoms in total. The summed E-state index contributed by atoms with van der Waals surface area (Å²) in [5.74, 6) is 1.07. The number of amides is 1. The molecule has 1 amide bonds. The van der Waals surface area contributed by atoms with Gasteiger partial charge in [-0.2, -0.15) is 0 Å². The fourth-order valence-electron chi connectivity index (χ4n) is 2.03. The van der Waals surface area contributed by atoms with Crippen molar-refractivity contribution in [2.75, 3.05) is 27.3 Å². The summed E-state index contributed by atoms with van der Waals surface area (Å²) in [6.07, 6.45) is 0.956. The topological polar surface area (TPSA) is 59.6 Å². The minimum Gasteiger partial charge on any atom is -0.497 e. The Bertz CT molecular complexity index is 428. The molecule has 0 spiro atoms. The lowest BCUT2D eigenvalue weighted by Crippen LogP contribution is -2.36. The van der Waals surface area contributed by atoms with Crippen LogP contribution in [0.5, 0.6) is 11.5 Å². The number of ether oxygens (including phenoxy) is 2. The fraction of sp³-hybridized carbons (Fsp3) is 0.462. The minimum atomic E-state index is -0.126. The summed E-state index contributed by atoms with van der Waals surface area (Å²) in [5.41, 5.74) is 0.503. The number of benzene rings is 1. The fourth-order valence-corrected chi connectivity index (χ4v) is 2.03. The molecule has 1 saturated heterocycles. The number of rotatable bonds is 4. The van der Waals surface area contributed by atoms with Gasteiger partial charge in [0.2, 0.25) is 0 Å². The first-order chi connectivity index (χ1) is 8.74. The van der Waals surface area contributed by atoms with Gasteiger partial charge < -0.3 is 20.1 Å². The van der Waals surface area contributed by atoms with E-state index >= 15 is 0 Å². The van der Waals surface area contributed by atoms with Crippen molar-refractivity contribution in [3.63, 3.8) is 0 Å². The highest BCUT2D eigenvalue weighted by molar-refractivity contribution is 5.97. The maximum Gasteiger partial charge on any atom is 0.255 e. The zero-order valence-electron chi connectivity index (χ0n) is 10.7. The Labute approximate surface area is 106 Å². The number of carbonyl (C=O) groups excluding carboxylic acids is 1. The van der Waals surface area contributed by atoms with Crippen LogP contribution < -0.4 is 20.1 Å². The van der Waals surface area contributed by atoms with Gasteiger partial charge in [-0.3, -0.25) is 4.79 Å². The van der Waals surface area contributed by atoms with Gasteiger partial charge in [0.05, 0.1) is 19.8 Å². The van der Waals surface area contributed by atoms with Gasteiger partial charge in [-0.1, -0.05) is 0 Å². The van der Waals surface area contributed by atoms with E-state index in [0.717, 1.165) is 19.5 Å². The average Bonchev–Trinajstić information content (AvgIpc) is 2.90. The maximum atomic E-state index is 12.2. The molecular formula is C13H18N2O3. The van der Waals surface area contributed by atoms with Crippen molar-refractivity contribution < 1.29 is 14.3 Å². The first-order valence-electron chi connectivity index (χ1n) is 5.98. The number of carbonyl (C=O) groups is 1. The van der Waals surface area contributed by atoms with E-state index in [4.69, 9.17) is 9.47 Å². The smallest absolute Gasteiger partial charge is 0.255 e. The molecular weight excluding hydrogens is 232 g/mol. The van der Waals surface area contributed by atoms with Crippen molar-refractivity contribution in [3.05, 3.63) is 23.8 Å². The molecule has 1 aliphatic heterocycles. The molecule has 1 aliphatic rings. The Balaban J connectivity index is 2.16. The molecule has 2 rings (SSSR count). The molecule has 1 atom stereocenters. The van der Waals surface area contributed by atoms with Crippen LogP contribution in [0.1, 0.15) is 16.8 Å². The number of hydrogen-bond donors (Lipinski definition) is 2. The van der Waals surface area contributed by atoms with Crippen LogP contribution in [0.2, 0.25) is 0 Å². The largest absolute Gasteiger partial charge is 0.497 e. The third-order valence-electron chi connectivity index (χ3n) is 3.05. The summed E-state index contributed by atoms with van der Waals surface area (Å²) in [6.45, 7) is 1.76. The third kappa shape index (κ3) is 2.73. The van der Waals surface area contributed by atoms with Crippen LogP contribution in [0.3, 0.4) is 0 Å². The van der Waals surface area contributed by atoms with Crippen LogP contribution in [-0.2, 0) is 0 Å². The molecule has 0 radical (unpaired) electrons. The predicted octanol–water partition coefficient (Wildman–Crippen LogP) is 0.795. The molecule has 1 fully saturated rings. The highest BCUT2D eigenvalue weighted by Crippen LogP contribution is 2.24. The van der Waals surface area contributed by atoms with E-state index in [9.17, 15) is 4.79 Å². The number of hydrogen-bond acceptors (Lipinski definition) is 4. The Hall–Kier alpha value is -1.75. The quantitative estimate of drug-likeness (QED) is 0.829. The Morgan fingerprint density at radius 2 is 2.22 bits per heavy atom. The van der Waals surface area contributed by atoms with Gasteiger partial charge in [0.25, 0.3) is 5.91 Å². The van der Waals surface area contributed by atoms with Gasteiger partial charge in [-0.15, -0.1) is 0 Å². The minimum absolute atomic E-state index is 0.126. The summed E-state index contributed by atoms with van der Waals surface area (Å²) in [4.78, 5) is 12.2. The van der Waals surface area contributed by atoms with Crippen molar-refractivity contribution in [1.82, 2.24) is 10.6 Å². The van der Waals surface area contributed by atoms with Crippen molar-refractivity contribution in [1.29, 1.82) is 0 Å². The Kier molecular flexibility index (Phi) is 4.04. The van der Waals surface area contributed by atoms with Crippen LogP contribution in [0, 0.1) is 0 Å². The summed E-state index contributed by atoms with van der Waals surface area (Å²) < 4.78 is 10.3. The average molecular weight is 250 g/mol. The molecule has 5 heteroatoms. The van der Waals surface area contributed by atoms with Gasteiger partial charge in [0.15, 0.2) is 0 Å². The van der Waals surface area contributed by atoms with E-state index in [0.29, 0.717) is 17.1 Å². The first-order valence-corrected chi connectivity index (χ1v) is 5.98. The lowest BCUT2D eigenvalue weighted by atomic mass is 10.1. The summed E-state index contributed by atoms with van der Waals surface area (Å²) in [7, 11) is 3.13. The van der Waals surface area contributed by atoms with Crippen molar-refractivity contribution in [2.45, 2.75) is 12.5 Å². The molecule has 2 N–H and O–H groups in total. The lowest BCUT2D eigenvalue weighted by molar-refractivity contribution is 0.0936. The second-order valence-corrected chi connectivity index (χ2v) is 4.23. The maximum absolute atomic E-state index is 12.2. The van der Waals surface area contributed by atoms with E-state index in [1.165, 1.54) is 0 Å². The second-order valence-electron chi connectivity index (χ2n) is 4.23. The molecule has 1 unspecified atom stereocenters. The molecule has 0 bridgehead atoms. The normalized spacial score (nSPS) is 18.4. The van der Waals surface area contributed by atoms with E-state index in [1.807, 2.05) is 0 Å². The molecule has 1 heterocycles. The van der Waals surface area contributed by atoms with Crippen LogP contribution in [-0.4, -0.2) is 39.3 Å². The molecule has 1 aromatic rings. The summed E-state index contributed by atoms with van der Waals surface area (Å²) >= 11 is 0. The molecule has 0 saturated carbocycles. The SMILES string of the molecule is COc1ccc(OC)c(C(=O)NC2CCNC2)c1. The van der Waals surface area contributed by atoms with Crippen molar-refractivity contribution in [3.8, 4) is 11.5 Å². The van der Waals surface area contributed by atoms with Gasteiger partial charge >= 0.3 is 0 Å². The number of methoxy groups -OCH3 is 2. The number of nitrogens with one attached hydrogen (secondary N) is 2. The van der Waals surface area contributed by atoms with E-state index < -0.39 is 0 Å². The van der Waals surface area contributed by atoms with E-state index in [-0.39, 0.29) is 11.9 Å². The highest BCUT2D eigenvalue weighted by atomic mass is 16.5. The van der Waals surface area contributed by atoms with E-state index in [2.05, 4.69) is 10.6 Å². The Morgan fingerprint density at radius 3 is 2.83 bits per heavy atom. The van der Waals surface area contributed by atoms with Gasteiger partial charge in [0.1, 0.15) is 11.5 Å². The van der Waals surface area contributed by atoms with Crippen LogP contribution in [0.15, 0.2) is 18.2 Å².